The van der Waals surface area contributed by atoms with Crippen LogP contribution < -0.4 is 14.8 Å². The van der Waals surface area contributed by atoms with E-state index in [1.165, 1.54) is 11.3 Å². The fraction of sp³-hybridized carbons (Fsp3) is 0.308. The maximum atomic E-state index is 12.8. The lowest BCUT2D eigenvalue weighted by atomic mass is 10.1. The highest BCUT2D eigenvalue weighted by Crippen LogP contribution is 2.37. The molecule has 0 atom stereocenters. The van der Waals surface area contributed by atoms with Gasteiger partial charge in [-0.3, -0.25) is 9.69 Å². The SMILES string of the molecule is CCOC(=O)c1c(NC(=O)CN(C)Cc2ccccc2)sc(Cc2ccc3c(c2)OCO3)c1C. The molecule has 0 unspecified atom stereocenters. The van der Waals surface area contributed by atoms with E-state index in [2.05, 4.69) is 5.32 Å². The number of amides is 1. The van der Waals surface area contributed by atoms with Crippen LogP contribution in [0.1, 0.15) is 38.8 Å². The Morgan fingerprint density at radius 3 is 2.62 bits per heavy atom. The molecule has 2 aromatic carbocycles. The standard InChI is InChI=1S/C26H28N2O5S/c1-4-31-26(30)24-17(2)22(13-19-10-11-20-21(12-19)33-16-32-20)34-25(24)27-23(29)15-28(3)14-18-8-6-5-7-9-18/h5-12H,4,13-16H2,1-3H3,(H,27,29). The number of hydrogen-bond donors (Lipinski definition) is 1. The number of thiophene rings is 1. The van der Waals surface area contributed by atoms with Crippen molar-refractivity contribution in [3.05, 3.63) is 75.7 Å². The maximum absolute atomic E-state index is 12.8. The van der Waals surface area contributed by atoms with Crippen LogP contribution in [0.25, 0.3) is 0 Å². The smallest absolute Gasteiger partial charge is 0.341 e. The number of nitrogens with one attached hydrogen (secondary N) is 1. The van der Waals surface area contributed by atoms with Gasteiger partial charge in [0.2, 0.25) is 12.7 Å². The number of rotatable bonds is 9. The van der Waals surface area contributed by atoms with E-state index in [1.807, 2.05) is 67.4 Å². The summed E-state index contributed by atoms with van der Waals surface area (Å²) < 4.78 is 16.2. The fourth-order valence-electron chi connectivity index (χ4n) is 3.86. The normalized spacial score (nSPS) is 12.1. The Bertz CT molecular complexity index is 1180. The molecular weight excluding hydrogens is 452 g/mol. The number of esters is 1. The molecule has 7 nitrogen and oxygen atoms in total. The number of nitrogens with zero attached hydrogens (tertiary/aromatic N) is 1. The van der Waals surface area contributed by atoms with Gasteiger partial charge in [-0.05, 0) is 49.7 Å². The Morgan fingerprint density at radius 2 is 1.85 bits per heavy atom. The predicted molar refractivity (Wildman–Crippen MR) is 132 cm³/mol. The zero-order valence-electron chi connectivity index (χ0n) is 19.6. The largest absolute Gasteiger partial charge is 0.462 e. The zero-order valence-corrected chi connectivity index (χ0v) is 20.4. The maximum Gasteiger partial charge on any atom is 0.341 e. The first-order valence-electron chi connectivity index (χ1n) is 11.1. The monoisotopic (exact) mass is 480 g/mol. The van der Waals surface area contributed by atoms with Crippen molar-refractivity contribution >= 4 is 28.2 Å². The number of carbonyl (C=O) groups is 2. The Balaban J connectivity index is 1.51. The Kier molecular flexibility index (Phi) is 7.49. The molecule has 0 radical (unpaired) electrons. The van der Waals surface area contributed by atoms with Crippen LogP contribution >= 0.6 is 11.3 Å². The molecule has 0 spiro atoms. The van der Waals surface area contributed by atoms with Crippen molar-refractivity contribution in [3.63, 3.8) is 0 Å². The van der Waals surface area contributed by atoms with Gasteiger partial charge in [-0.25, -0.2) is 4.79 Å². The molecule has 3 aromatic rings. The molecule has 2 heterocycles. The van der Waals surface area contributed by atoms with Crippen LogP contribution in [-0.4, -0.2) is 43.8 Å². The Labute approximate surface area is 203 Å². The molecular formula is C26H28N2O5S. The average molecular weight is 481 g/mol. The van der Waals surface area contributed by atoms with E-state index >= 15 is 0 Å². The van der Waals surface area contributed by atoms with E-state index in [1.54, 1.807) is 6.92 Å². The third-order valence-corrected chi connectivity index (χ3v) is 6.70. The summed E-state index contributed by atoms with van der Waals surface area (Å²) >= 11 is 1.40. The summed E-state index contributed by atoms with van der Waals surface area (Å²) in [6.07, 6.45) is 0.601. The molecule has 1 amide bonds. The number of hydrogen-bond acceptors (Lipinski definition) is 7. The Morgan fingerprint density at radius 1 is 1.09 bits per heavy atom. The molecule has 8 heteroatoms. The van der Waals surface area contributed by atoms with Crippen LogP contribution in [0.5, 0.6) is 11.5 Å². The van der Waals surface area contributed by atoms with Gasteiger partial charge >= 0.3 is 5.97 Å². The molecule has 1 aromatic heterocycles. The minimum absolute atomic E-state index is 0.181. The lowest BCUT2D eigenvalue weighted by Gasteiger charge is -2.16. The summed E-state index contributed by atoms with van der Waals surface area (Å²) in [5.41, 5.74) is 3.39. The molecule has 0 saturated carbocycles. The van der Waals surface area contributed by atoms with Crippen molar-refractivity contribution in [1.29, 1.82) is 0 Å². The van der Waals surface area contributed by atoms with E-state index in [-0.39, 0.29) is 25.9 Å². The van der Waals surface area contributed by atoms with Gasteiger partial charge in [0, 0.05) is 17.8 Å². The molecule has 1 N–H and O–H groups in total. The Hall–Kier alpha value is -3.36. The lowest BCUT2D eigenvalue weighted by Crippen LogP contribution is -2.30. The number of anilines is 1. The van der Waals surface area contributed by atoms with E-state index in [0.717, 1.165) is 27.3 Å². The topological polar surface area (TPSA) is 77.1 Å². The summed E-state index contributed by atoms with van der Waals surface area (Å²) in [5, 5.41) is 3.47. The number of likely N-dealkylation sites (N-methyl/N-ethyl adjacent to an activating group) is 1. The van der Waals surface area contributed by atoms with Crippen molar-refractivity contribution in [1.82, 2.24) is 4.90 Å². The molecule has 178 valence electrons. The van der Waals surface area contributed by atoms with Crippen molar-refractivity contribution in [3.8, 4) is 11.5 Å². The number of carbonyl (C=O) groups excluding carboxylic acids is 2. The van der Waals surface area contributed by atoms with Crippen LogP contribution in [0.2, 0.25) is 0 Å². The van der Waals surface area contributed by atoms with Crippen LogP contribution in [0.4, 0.5) is 5.00 Å². The second-order valence-corrected chi connectivity index (χ2v) is 9.25. The fourth-order valence-corrected chi connectivity index (χ4v) is 5.11. The molecule has 0 saturated heterocycles. The number of benzene rings is 2. The minimum Gasteiger partial charge on any atom is -0.462 e. The van der Waals surface area contributed by atoms with E-state index in [9.17, 15) is 9.59 Å². The molecule has 1 aliphatic heterocycles. The van der Waals surface area contributed by atoms with Crippen LogP contribution in [0.3, 0.4) is 0 Å². The highest BCUT2D eigenvalue weighted by atomic mass is 32.1. The molecule has 4 rings (SSSR count). The summed E-state index contributed by atoms with van der Waals surface area (Å²) in [6.45, 7) is 4.99. The number of ether oxygens (including phenoxy) is 3. The van der Waals surface area contributed by atoms with Gasteiger partial charge in [0.1, 0.15) is 5.00 Å². The van der Waals surface area contributed by atoms with Gasteiger partial charge in [-0.15, -0.1) is 11.3 Å². The molecule has 0 bridgehead atoms. The number of fused-ring (bicyclic) bond motifs is 1. The summed E-state index contributed by atoms with van der Waals surface area (Å²) in [5.74, 6) is 0.833. The van der Waals surface area contributed by atoms with Crippen LogP contribution in [0.15, 0.2) is 48.5 Å². The third kappa shape index (κ3) is 5.58. The van der Waals surface area contributed by atoms with Crippen molar-refractivity contribution in [2.45, 2.75) is 26.8 Å². The summed E-state index contributed by atoms with van der Waals surface area (Å²) in [6, 6.07) is 15.8. The third-order valence-electron chi connectivity index (χ3n) is 5.49. The van der Waals surface area contributed by atoms with Gasteiger partial charge in [0.25, 0.3) is 0 Å². The van der Waals surface area contributed by atoms with Gasteiger partial charge in [0.15, 0.2) is 11.5 Å². The van der Waals surface area contributed by atoms with Gasteiger partial charge in [-0.2, -0.15) is 0 Å². The predicted octanol–water partition coefficient (Wildman–Crippen LogP) is 4.62. The highest BCUT2D eigenvalue weighted by molar-refractivity contribution is 7.17. The van der Waals surface area contributed by atoms with E-state index < -0.39 is 5.97 Å². The van der Waals surface area contributed by atoms with Crippen LogP contribution in [-0.2, 0) is 22.5 Å². The first kappa shape index (κ1) is 23.8. The zero-order chi connectivity index (χ0) is 24.1. The minimum atomic E-state index is -0.430. The van der Waals surface area contributed by atoms with Gasteiger partial charge < -0.3 is 19.5 Å². The molecule has 0 fully saturated rings. The van der Waals surface area contributed by atoms with E-state index in [0.29, 0.717) is 29.3 Å². The quantitative estimate of drug-likeness (QED) is 0.450. The lowest BCUT2D eigenvalue weighted by molar-refractivity contribution is -0.117. The molecule has 1 aliphatic rings. The first-order valence-corrected chi connectivity index (χ1v) is 12.0. The summed E-state index contributed by atoms with van der Waals surface area (Å²) in [4.78, 5) is 28.5. The van der Waals surface area contributed by atoms with Gasteiger partial charge in [-0.1, -0.05) is 36.4 Å². The van der Waals surface area contributed by atoms with Crippen LogP contribution in [0, 0.1) is 6.92 Å². The average Bonchev–Trinajstić information content (AvgIpc) is 3.38. The first-order chi connectivity index (χ1) is 16.4. The van der Waals surface area contributed by atoms with Crippen molar-refractivity contribution in [2.75, 3.05) is 32.3 Å². The summed E-state index contributed by atoms with van der Waals surface area (Å²) in [7, 11) is 1.89. The van der Waals surface area contributed by atoms with E-state index in [4.69, 9.17) is 14.2 Å². The molecule has 0 aliphatic carbocycles. The highest BCUT2D eigenvalue weighted by Gasteiger charge is 2.24. The second kappa shape index (κ2) is 10.7. The van der Waals surface area contributed by atoms with Gasteiger partial charge in [0.05, 0.1) is 18.7 Å². The van der Waals surface area contributed by atoms with Crippen molar-refractivity contribution in [2.24, 2.45) is 0 Å². The molecule has 34 heavy (non-hydrogen) atoms. The second-order valence-electron chi connectivity index (χ2n) is 8.15. The van der Waals surface area contributed by atoms with Crippen molar-refractivity contribution < 1.29 is 23.8 Å².